The third-order valence-corrected chi connectivity index (χ3v) is 5.83. The van der Waals surface area contributed by atoms with Crippen LogP contribution in [0.3, 0.4) is 0 Å². The minimum atomic E-state index is -0.269. The quantitative estimate of drug-likeness (QED) is 0.763. The maximum atomic E-state index is 13.2. The van der Waals surface area contributed by atoms with E-state index >= 15 is 0 Å². The summed E-state index contributed by atoms with van der Waals surface area (Å²) in [5.41, 5.74) is 1.87. The predicted octanol–water partition coefficient (Wildman–Crippen LogP) is 2.59. The van der Waals surface area contributed by atoms with Crippen LogP contribution in [-0.2, 0) is 14.3 Å². The van der Waals surface area contributed by atoms with Gasteiger partial charge >= 0.3 is 0 Å². The van der Waals surface area contributed by atoms with Gasteiger partial charge in [0, 0.05) is 31.1 Å². The average Bonchev–Trinajstić information content (AvgIpc) is 3.02. The number of hydrogen-bond donors (Lipinski definition) is 0. The van der Waals surface area contributed by atoms with Gasteiger partial charge in [-0.05, 0) is 43.5 Å². The van der Waals surface area contributed by atoms with E-state index in [4.69, 9.17) is 9.47 Å². The highest BCUT2D eigenvalue weighted by molar-refractivity contribution is 6.21. The number of carbonyl (C=O) groups excluding carboxylic acids is 2. The number of rotatable bonds is 4. The molecule has 0 spiro atoms. The van der Waals surface area contributed by atoms with Crippen LogP contribution in [0.5, 0.6) is 5.75 Å². The van der Waals surface area contributed by atoms with Crippen molar-refractivity contribution in [1.82, 2.24) is 4.90 Å². The van der Waals surface area contributed by atoms with E-state index in [0.717, 1.165) is 45.6 Å². The van der Waals surface area contributed by atoms with Gasteiger partial charge in [-0.3, -0.25) is 14.5 Å². The zero-order valence-corrected chi connectivity index (χ0v) is 15.7. The summed E-state index contributed by atoms with van der Waals surface area (Å²) in [6.07, 6.45) is 5.63. The molecule has 144 valence electrons. The Morgan fingerprint density at radius 3 is 2.52 bits per heavy atom. The lowest BCUT2D eigenvalue weighted by Crippen LogP contribution is -2.41. The van der Waals surface area contributed by atoms with E-state index < -0.39 is 0 Å². The fourth-order valence-corrected chi connectivity index (χ4v) is 4.45. The first-order chi connectivity index (χ1) is 13.2. The molecule has 2 amide bonds. The molecule has 27 heavy (non-hydrogen) atoms. The molecular weight excluding hydrogens is 344 g/mol. The standard InChI is InChI=1S/C21H26N2O4/c1-26-16-8-6-15(7-9-16)23-20(24)14-18(21(23)25)17-4-2-3-5-19(17)22-10-12-27-13-11-22/h5-9,17-18H,2-4,10-14H2,1H3/t17-,18-/m0/s1. The van der Waals surface area contributed by atoms with Crippen molar-refractivity contribution in [3.63, 3.8) is 0 Å². The van der Waals surface area contributed by atoms with Crippen LogP contribution < -0.4 is 9.64 Å². The maximum Gasteiger partial charge on any atom is 0.238 e. The first kappa shape index (κ1) is 18.0. The molecule has 0 saturated carbocycles. The molecule has 0 unspecified atom stereocenters. The molecule has 6 heteroatoms. The molecule has 1 aliphatic carbocycles. The fraction of sp³-hybridized carbons (Fsp3) is 0.524. The predicted molar refractivity (Wildman–Crippen MR) is 101 cm³/mol. The van der Waals surface area contributed by atoms with Gasteiger partial charge in [0.25, 0.3) is 0 Å². The molecule has 4 rings (SSSR count). The zero-order valence-electron chi connectivity index (χ0n) is 15.7. The molecule has 3 aliphatic rings. The SMILES string of the molecule is COc1ccc(N2C(=O)C[C@@H]([C@@H]3CCCC=C3N3CCOCC3)C2=O)cc1. The second-order valence-corrected chi connectivity index (χ2v) is 7.34. The van der Waals surface area contributed by atoms with Crippen LogP contribution in [0.15, 0.2) is 36.0 Å². The molecular formula is C21H26N2O4. The van der Waals surface area contributed by atoms with Crippen LogP contribution in [0.25, 0.3) is 0 Å². The molecule has 2 heterocycles. The second-order valence-electron chi connectivity index (χ2n) is 7.34. The first-order valence-electron chi connectivity index (χ1n) is 9.72. The Kier molecular flexibility index (Phi) is 5.16. The summed E-state index contributed by atoms with van der Waals surface area (Å²) in [6, 6.07) is 7.11. The largest absolute Gasteiger partial charge is 0.497 e. The number of morpholine rings is 1. The molecule has 1 aromatic carbocycles. The Labute approximate surface area is 159 Å². The number of anilines is 1. The fourth-order valence-electron chi connectivity index (χ4n) is 4.45. The smallest absolute Gasteiger partial charge is 0.238 e. The van der Waals surface area contributed by atoms with E-state index in [-0.39, 0.29) is 30.1 Å². The second kappa shape index (κ2) is 7.72. The van der Waals surface area contributed by atoms with Gasteiger partial charge in [-0.15, -0.1) is 0 Å². The van der Waals surface area contributed by atoms with E-state index in [9.17, 15) is 9.59 Å². The molecule has 2 saturated heterocycles. The highest BCUT2D eigenvalue weighted by Crippen LogP contribution is 2.40. The third-order valence-electron chi connectivity index (χ3n) is 5.83. The highest BCUT2D eigenvalue weighted by atomic mass is 16.5. The number of methoxy groups -OCH3 is 1. The molecule has 0 N–H and O–H groups in total. The van der Waals surface area contributed by atoms with E-state index in [1.54, 1.807) is 31.4 Å². The molecule has 2 atom stereocenters. The summed E-state index contributed by atoms with van der Waals surface area (Å²) in [6.45, 7) is 3.16. The van der Waals surface area contributed by atoms with Gasteiger partial charge in [0.2, 0.25) is 11.8 Å². The number of carbonyl (C=O) groups is 2. The summed E-state index contributed by atoms with van der Waals surface area (Å²) in [7, 11) is 1.60. The number of nitrogens with zero attached hydrogens (tertiary/aromatic N) is 2. The highest BCUT2D eigenvalue weighted by Gasteiger charge is 2.45. The van der Waals surface area contributed by atoms with Gasteiger partial charge in [0.15, 0.2) is 0 Å². The molecule has 6 nitrogen and oxygen atoms in total. The topological polar surface area (TPSA) is 59.1 Å². The molecule has 1 aromatic rings. The van der Waals surface area contributed by atoms with Gasteiger partial charge < -0.3 is 14.4 Å². The summed E-state index contributed by atoms with van der Waals surface area (Å²) < 4.78 is 10.6. The van der Waals surface area contributed by atoms with E-state index in [1.165, 1.54) is 10.6 Å². The van der Waals surface area contributed by atoms with Crippen molar-refractivity contribution >= 4 is 17.5 Å². The summed E-state index contributed by atoms with van der Waals surface area (Å²) in [5, 5.41) is 0. The lowest BCUT2D eigenvalue weighted by atomic mass is 9.80. The van der Waals surface area contributed by atoms with Gasteiger partial charge in [0.1, 0.15) is 5.75 Å². The van der Waals surface area contributed by atoms with Crippen LogP contribution in [0.4, 0.5) is 5.69 Å². The van der Waals surface area contributed by atoms with Crippen LogP contribution in [0, 0.1) is 11.8 Å². The first-order valence-corrected chi connectivity index (χ1v) is 9.72. The Morgan fingerprint density at radius 1 is 1.07 bits per heavy atom. The lowest BCUT2D eigenvalue weighted by Gasteiger charge is -2.38. The van der Waals surface area contributed by atoms with E-state index in [1.807, 2.05) is 0 Å². The summed E-state index contributed by atoms with van der Waals surface area (Å²) in [4.78, 5) is 29.6. The zero-order chi connectivity index (χ0) is 18.8. The van der Waals surface area contributed by atoms with Crippen molar-refractivity contribution < 1.29 is 19.1 Å². The van der Waals surface area contributed by atoms with Crippen molar-refractivity contribution in [2.75, 3.05) is 38.3 Å². The van der Waals surface area contributed by atoms with Crippen molar-refractivity contribution in [2.24, 2.45) is 11.8 Å². The van der Waals surface area contributed by atoms with Gasteiger partial charge in [-0.1, -0.05) is 6.08 Å². The van der Waals surface area contributed by atoms with Crippen LogP contribution in [0.2, 0.25) is 0 Å². The van der Waals surface area contributed by atoms with Crippen LogP contribution in [0.1, 0.15) is 25.7 Å². The van der Waals surface area contributed by atoms with Crippen molar-refractivity contribution in [3.8, 4) is 5.75 Å². The normalized spacial score (nSPS) is 26.3. The van der Waals surface area contributed by atoms with Gasteiger partial charge in [-0.25, -0.2) is 0 Å². The van der Waals surface area contributed by atoms with Crippen molar-refractivity contribution in [1.29, 1.82) is 0 Å². The number of allylic oxidation sites excluding steroid dienone is 2. The Balaban J connectivity index is 1.56. The van der Waals surface area contributed by atoms with E-state index in [0.29, 0.717) is 11.4 Å². The minimum Gasteiger partial charge on any atom is -0.497 e. The van der Waals surface area contributed by atoms with Crippen LogP contribution in [-0.4, -0.2) is 50.1 Å². The average molecular weight is 370 g/mol. The van der Waals surface area contributed by atoms with Crippen molar-refractivity contribution in [3.05, 3.63) is 36.0 Å². The number of amides is 2. The molecule has 2 fully saturated rings. The summed E-state index contributed by atoms with van der Waals surface area (Å²) in [5.74, 6) is 0.378. The molecule has 0 bridgehead atoms. The van der Waals surface area contributed by atoms with Crippen molar-refractivity contribution in [2.45, 2.75) is 25.7 Å². The van der Waals surface area contributed by atoms with Gasteiger partial charge in [-0.2, -0.15) is 0 Å². The monoisotopic (exact) mass is 370 g/mol. The Morgan fingerprint density at radius 2 is 1.81 bits per heavy atom. The summed E-state index contributed by atoms with van der Waals surface area (Å²) >= 11 is 0. The number of hydrogen-bond acceptors (Lipinski definition) is 5. The molecule has 0 radical (unpaired) electrons. The number of imide groups is 1. The van der Waals surface area contributed by atoms with Crippen LogP contribution >= 0.6 is 0 Å². The molecule has 0 aromatic heterocycles. The number of ether oxygens (including phenoxy) is 2. The molecule has 2 aliphatic heterocycles. The lowest BCUT2D eigenvalue weighted by molar-refractivity contribution is -0.123. The van der Waals surface area contributed by atoms with E-state index in [2.05, 4.69) is 11.0 Å². The van der Waals surface area contributed by atoms with Gasteiger partial charge in [0.05, 0.1) is 31.9 Å². The maximum absolute atomic E-state index is 13.2. The number of benzene rings is 1. The minimum absolute atomic E-state index is 0.0729. The Hall–Kier alpha value is -2.34. The Bertz CT molecular complexity index is 737. The third kappa shape index (κ3) is 3.46.